The van der Waals surface area contributed by atoms with Gasteiger partial charge in [-0.2, -0.15) is 0 Å². The van der Waals surface area contributed by atoms with Gasteiger partial charge < -0.3 is 10.2 Å². The number of amides is 1. The van der Waals surface area contributed by atoms with Gasteiger partial charge in [-0.15, -0.1) is 11.3 Å². The Morgan fingerprint density at radius 3 is 2.96 bits per heavy atom. The number of nitrogens with zero attached hydrogens (tertiary/aromatic N) is 3. The molecule has 0 radical (unpaired) electrons. The highest BCUT2D eigenvalue weighted by Crippen LogP contribution is 2.29. The van der Waals surface area contributed by atoms with Crippen molar-refractivity contribution in [3.05, 3.63) is 10.6 Å². The number of hydrogen-bond acceptors (Lipinski definition) is 6. The Hall–Kier alpha value is -1.03. The SMILES string of the molecule is CCCS(=O)(=O)N1CCCC(C(=O)Nc2nc3c(s2)CN(C)CC3)C1. The third-order valence-electron chi connectivity index (χ3n) is 4.76. The zero-order chi connectivity index (χ0) is 18.0. The Balaban J connectivity index is 1.63. The molecule has 2 aliphatic heterocycles. The monoisotopic (exact) mass is 386 g/mol. The van der Waals surface area contributed by atoms with E-state index < -0.39 is 10.0 Å². The minimum absolute atomic E-state index is 0.115. The van der Waals surface area contributed by atoms with Gasteiger partial charge in [-0.3, -0.25) is 4.79 Å². The smallest absolute Gasteiger partial charge is 0.230 e. The lowest BCUT2D eigenvalue weighted by Crippen LogP contribution is -2.44. The van der Waals surface area contributed by atoms with Crippen LogP contribution in [0.2, 0.25) is 0 Å². The van der Waals surface area contributed by atoms with Crippen molar-refractivity contribution >= 4 is 32.4 Å². The van der Waals surface area contributed by atoms with Gasteiger partial charge in [0, 0.05) is 37.5 Å². The summed E-state index contributed by atoms with van der Waals surface area (Å²) in [6.45, 7) is 4.51. The first-order valence-electron chi connectivity index (χ1n) is 8.85. The van der Waals surface area contributed by atoms with Crippen molar-refractivity contribution in [2.24, 2.45) is 5.92 Å². The molecule has 3 rings (SSSR count). The lowest BCUT2D eigenvalue weighted by Gasteiger charge is -2.30. The predicted octanol–water partition coefficient (Wildman–Crippen LogP) is 1.52. The molecule has 1 atom stereocenters. The van der Waals surface area contributed by atoms with Crippen LogP contribution in [0, 0.1) is 5.92 Å². The standard InChI is InChI=1S/C16H26N4O3S2/c1-3-9-25(22,23)20-7-4-5-12(10-20)15(21)18-16-17-13-6-8-19(2)11-14(13)24-16/h12H,3-11H2,1-2H3,(H,17,18,21). The lowest BCUT2D eigenvalue weighted by molar-refractivity contribution is -0.120. The molecule has 9 heteroatoms. The first kappa shape index (κ1) is 18.8. The Labute approximate surface area is 153 Å². The van der Waals surface area contributed by atoms with Crippen LogP contribution in [0.15, 0.2) is 0 Å². The molecule has 1 fully saturated rings. The predicted molar refractivity (Wildman–Crippen MR) is 99.2 cm³/mol. The molecule has 7 nitrogen and oxygen atoms in total. The van der Waals surface area contributed by atoms with E-state index in [1.165, 1.54) is 20.5 Å². The van der Waals surface area contributed by atoms with Crippen molar-refractivity contribution < 1.29 is 13.2 Å². The molecule has 0 saturated carbocycles. The van der Waals surface area contributed by atoms with E-state index in [9.17, 15) is 13.2 Å². The molecule has 0 spiro atoms. The second kappa shape index (κ2) is 7.69. The summed E-state index contributed by atoms with van der Waals surface area (Å²) in [6, 6.07) is 0. The Kier molecular flexibility index (Phi) is 5.77. The second-order valence-corrected chi connectivity index (χ2v) is 10.1. The van der Waals surface area contributed by atoms with Gasteiger partial charge in [-0.25, -0.2) is 17.7 Å². The van der Waals surface area contributed by atoms with E-state index in [1.807, 2.05) is 6.92 Å². The molecule has 140 valence electrons. The van der Waals surface area contributed by atoms with E-state index in [1.54, 1.807) is 0 Å². The fraction of sp³-hybridized carbons (Fsp3) is 0.750. The minimum atomic E-state index is -3.25. The van der Waals surface area contributed by atoms with Gasteiger partial charge in [-0.1, -0.05) is 6.92 Å². The van der Waals surface area contributed by atoms with Gasteiger partial charge in [0.15, 0.2) is 5.13 Å². The number of carbonyl (C=O) groups excluding carboxylic acids is 1. The zero-order valence-corrected chi connectivity index (χ0v) is 16.5. The Bertz CT molecular complexity index is 732. The van der Waals surface area contributed by atoms with E-state index in [0.717, 1.165) is 38.0 Å². The van der Waals surface area contributed by atoms with Crippen LogP contribution in [0.1, 0.15) is 36.8 Å². The number of rotatable bonds is 5. The quantitative estimate of drug-likeness (QED) is 0.830. The average Bonchev–Trinajstić information content (AvgIpc) is 2.96. The molecule has 1 aromatic rings. The molecule has 25 heavy (non-hydrogen) atoms. The van der Waals surface area contributed by atoms with Crippen LogP contribution in [0.3, 0.4) is 0 Å². The Morgan fingerprint density at radius 1 is 1.40 bits per heavy atom. The fourth-order valence-electron chi connectivity index (χ4n) is 3.38. The molecule has 1 unspecified atom stereocenters. The van der Waals surface area contributed by atoms with Crippen molar-refractivity contribution in [3.8, 4) is 0 Å². The van der Waals surface area contributed by atoms with Gasteiger partial charge in [0.2, 0.25) is 15.9 Å². The average molecular weight is 387 g/mol. The molecule has 0 aliphatic carbocycles. The summed E-state index contributed by atoms with van der Waals surface area (Å²) in [7, 11) is -1.17. The highest BCUT2D eigenvalue weighted by atomic mass is 32.2. The van der Waals surface area contributed by atoms with Crippen LogP contribution >= 0.6 is 11.3 Å². The van der Waals surface area contributed by atoms with E-state index >= 15 is 0 Å². The van der Waals surface area contributed by atoms with Crippen molar-refractivity contribution in [2.45, 2.75) is 39.2 Å². The number of fused-ring (bicyclic) bond motifs is 1. The number of sulfonamides is 1. The maximum atomic E-state index is 12.6. The summed E-state index contributed by atoms with van der Waals surface area (Å²) < 4.78 is 26.0. The molecule has 1 N–H and O–H groups in total. The topological polar surface area (TPSA) is 82.6 Å². The van der Waals surface area contributed by atoms with Crippen molar-refractivity contribution in [2.75, 3.05) is 37.8 Å². The van der Waals surface area contributed by atoms with Gasteiger partial charge in [0.05, 0.1) is 17.4 Å². The van der Waals surface area contributed by atoms with Crippen molar-refractivity contribution in [1.82, 2.24) is 14.2 Å². The summed E-state index contributed by atoms with van der Waals surface area (Å²) in [6.07, 6.45) is 2.94. The molecule has 1 amide bonds. The summed E-state index contributed by atoms with van der Waals surface area (Å²) in [4.78, 5) is 20.6. The summed E-state index contributed by atoms with van der Waals surface area (Å²) in [5.41, 5.74) is 1.08. The number of aromatic nitrogens is 1. The van der Waals surface area contributed by atoms with Crippen LogP contribution in [0.25, 0.3) is 0 Å². The van der Waals surface area contributed by atoms with Crippen molar-refractivity contribution in [3.63, 3.8) is 0 Å². The first-order valence-corrected chi connectivity index (χ1v) is 11.3. The number of likely N-dealkylation sites (N-methyl/N-ethyl adjacent to an activating group) is 1. The molecular weight excluding hydrogens is 360 g/mol. The van der Waals surface area contributed by atoms with Gasteiger partial charge >= 0.3 is 0 Å². The highest BCUT2D eigenvalue weighted by Gasteiger charge is 2.32. The molecular formula is C16H26N4O3S2. The summed E-state index contributed by atoms with van der Waals surface area (Å²) in [5.74, 6) is -0.270. The van der Waals surface area contributed by atoms with Crippen molar-refractivity contribution in [1.29, 1.82) is 0 Å². The molecule has 1 saturated heterocycles. The third kappa shape index (κ3) is 4.39. The normalized spacial score (nSPS) is 22.6. The molecule has 0 bridgehead atoms. The number of nitrogens with one attached hydrogen (secondary N) is 1. The van der Waals surface area contributed by atoms with Crippen LogP contribution in [0.5, 0.6) is 0 Å². The van der Waals surface area contributed by atoms with E-state index in [2.05, 4.69) is 22.2 Å². The van der Waals surface area contributed by atoms with Gasteiger partial charge in [0.25, 0.3) is 0 Å². The molecule has 3 heterocycles. The molecule has 0 aromatic carbocycles. The van der Waals surface area contributed by atoms with Crippen LogP contribution in [-0.2, 0) is 27.8 Å². The maximum absolute atomic E-state index is 12.6. The van der Waals surface area contributed by atoms with Crippen LogP contribution < -0.4 is 5.32 Å². The first-order chi connectivity index (χ1) is 11.9. The van der Waals surface area contributed by atoms with E-state index in [4.69, 9.17) is 0 Å². The van der Waals surface area contributed by atoms with E-state index in [0.29, 0.717) is 18.1 Å². The minimum Gasteiger partial charge on any atom is -0.302 e. The Morgan fingerprint density at radius 2 is 2.20 bits per heavy atom. The highest BCUT2D eigenvalue weighted by molar-refractivity contribution is 7.89. The molecule has 2 aliphatic rings. The summed E-state index contributed by atoms with van der Waals surface area (Å²) >= 11 is 1.53. The zero-order valence-electron chi connectivity index (χ0n) is 14.8. The largest absolute Gasteiger partial charge is 0.302 e. The van der Waals surface area contributed by atoms with Gasteiger partial charge in [-0.05, 0) is 26.3 Å². The fourth-order valence-corrected chi connectivity index (χ4v) is 6.06. The lowest BCUT2D eigenvalue weighted by atomic mass is 9.99. The number of carbonyl (C=O) groups is 1. The van der Waals surface area contributed by atoms with Gasteiger partial charge in [0.1, 0.15) is 0 Å². The number of piperidine rings is 1. The van der Waals surface area contributed by atoms with Crippen LogP contribution in [0.4, 0.5) is 5.13 Å². The van der Waals surface area contributed by atoms with Crippen LogP contribution in [-0.4, -0.2) is 60.9 Å². The van der Waals surface area contributed by atoms with E-state index in [-0.39, 0.29) is 24.1 Å². The number of hydrogen-bond donors (Lipinski definition) is 1. The second-order valence-electron chi connectivity index (χ2n) is 6.88. The molecule has 1 aromatic heterocycles. The summed E-state index contributed by atoms with van der Waals surface area (Å²) in [5, 5.41) is 3.55. The third-order valence-corrected chi connectivity index (χ3v) is 7.80. The maximum Gasteiger partial charge on any atom is 0.230 e. The number of anilines is 1. The number of thiazole rings is 1.